The normalized spacial score (nSPS) is 23.5. The van der Waals surface area contributed by atoms with Crippen LogP contribution in [0.4, 0.5) is 10.2 Å². The van der Waals surface area contributed by atoms with Crippen LogP contribution < -0.4 is 5.32 Å². The number of halogens is 1. The highest BCUT2D eigenvalue weighted by Gasteiger charge is 2.47. The summed E-state index contributed by atoms with van der Waals surface area (Å²) in [7, 11) is 0. The highest BCUT2D eigenvalue weighted by atomic mass is 19.1. The first-order valence-electron chi connectivity index (χ1n) is 12.1. The number of pyridine rings is 1. The van der Waals surface area contributed by atoms with Crippen LogP contribution in [-0.4, -0.2) is 37.1 Å². The van der Waals surface area contributed by atoms with E-state index in [0.29, 0.717) is 45.4 Å². The Morgan fingerprint density at radius 2 is 1.86 bits per heavy atom. The lowest BCUT2D eigenvalue weighted by Gasteiger charge is -2.47. The van der Waals surface area contributed by atoms with E-state index in [9.17, 15) is 14.3 Å². The quantitative estimate of drug-likeness (QED) is 0.358. The van der Waals surface area contributed by atoms with E-state index in [2.05, 4.69) is 15.3 Å². The van der Waals surface area contributed by atoms with Crippen molar-refractivity contribution in [2.75, 3.05) is 5.32 Å². The number of aromatic nitrogens is 4. The number of rotatable bonds is 5. The predicted octanol–water partition coefficient (Wildman–Crippen LogP) is 5.44. The maximum atomic E-state index is 14.4. The largest absolute Gasteiger partial charge is 0.481 e. The van der Waals surface area contributed by atoms with Crippen molar-refractivity contribution in [2.24, 2.45) is 17.8 Å². The second kappa shape index (κ2) is 8.45. The summed E-state index contributed by atoms with van der Waals surface area (Å²) >= 11 is 0. The van der Waals surface area contributed by atoms with Crippen molar-refractivity contribution in [2.45, 2.75) is 38.6 Å². The number of nitrogens with zero attached hydrogens (tertiary/aromatic N) is 3. The smallest absolute Gasteiger partial charge is 0.308 e. The molecule has 0 amide bonds. The highest BCUT2D eigenvalue weighted by molar-refractivity contribution is 5.94. The number of carbonyl (C=O) groups is 1. The van der Waals surface area contributed by atoms with E-state index in [-0.39, 0.29) is 12.0 Å². The number of hydrogen-bond donors (Lipinski definition) is 3. The summed E-state index contributed by atoms with van der Waals surface area (Å²) in [6.07, 6.45) is 6.95. The molecule has 0 saturated heterocycles. The van der Waals surface area contributed by atoms with Gasteiger partial charge in [-0.1, -0.05) is 30.3 Å². The summed E-state index contributed by atoms with van der Waals surface area (Å²) in [6.45, 7) is 1.72. The molecule has 2 atom stereocenters. The molecular formula is C27H26FN5O2. The maximum absolute atomic E-state index is 14.4. The Bertz CT molecular complexity index is 1410. The molecular weight excluding hydrogens is 445 g/mol. The van der Waals surface area contributed by atoms with E-state index < -0.39 is 17.7 Å². The van der Waals surface area contributed by atoms with Crippen LogP contribution >= 0.6 is 0 Å². The van der Waals surface area contributed by atoms with Gasteiger partial charge in [-0.2, -0.15) is 0 Å². The summed E-state index contributed by atoms with van der Waals surface area (Å²) in [5.41, 5.74) is 3.33. The Labute approximate surface area is 201 Å². The van der Waals surface area contributed by atoms with Crippen molar-refractivity contribution < 1.29 is 14.3 Å². The summed E-state index contributed by atoms with van der Waals surface area (Å²) in [5, 5.41) is 14.1. The zero-order valence-electron chi connectivity index (χ0n) is 19.3. The maximum Gasteiger partial charge on any atom is 0.308 e. The number of anilines is 1. The third-order valence-electron chi connectivity index (χ3n) is 7.76. The van der Waals surface area contributed by atoms with Gasteiger partial charge >= 0.3 is 5.97 Å². The second-order valence-corrected chi connectivity index (χ2v) is 9.69. The molecule has 3 aliphatic rings. The average Bonchev–Trinajstić information content (AvgIpc) is 3.32. The van der Waals surface area contributed by atoms with E-state index >= 15 is 0 Å². The fraction of sp³-hybridized carbons (Fsp3) is 0.333. The zero-order valence-corrected chi connectivity index (χ0v) is 19.3. The number of fused-ring (bicyclic) bond motifs is 4. The van der Waals surface area contributed by atoms with Gasteiger partial charge in [0.05, 0.1) is 17.8 Å². The van der Waals surface area contributed by atoms with Crippen molar-refractivity contribution in [3.8, 4) is 22.6 Å². The molecule has 7 rings (SSSR count). The van der Waals surface area contributed by atoms with Crippen LogP contribution in [0.15, 0.2) is 48.8 Å². The number of carboxylic acids is 1. The molecule has 3 aromatic heterocycles. The van der Waals surface area contributed by atoms with Crippen molar-refractivity contribution in [1.82, 2.24) is 19.9 Å². The molecule has 7 nitrogen and oxygen atoms in total. The molecule has 0 aliphatic heterocycles. The molecule has 4 aromatic rings. The number of nitrogens with one attached hydrogen (secondary N) is 2. The number of aryl methyl sites for hydroxylation is 1. The Hall–Kier alpha value is -3.81. The van der Waals surface area contributed by atoms with Crippen molar-refractivity contribution in [3.63, 3.8) is 0 Å². The van der Waals surface area contributed by atoms with Crippen LogP contribution in [0.3, 0.4) is 0 Å². The molecule has 3 saturated carbocycles. The lowest BCUT2D eigenvalue weighted by atomic mass is 9.61. The first-order chi connectivity index (χ1) is 17.0. The van der Waals surface area contributed by atoms with Crippen LogP contribution in [-0.2, 0) is 4.79 Å². The molecule has 1 aromatic carbocycles. The standard InChI is InChI=1S/C27H26FN5O2/c1-14-19(28)13-30-26-22(14)18(12-29-26)25-31-20(15-5-3-2-4-6-15)11-21(33-25)32-24-17-9-7-16(8-10-17)23(24)27(34)35/h2-6,11-13,16-17,23-24H,7-10H2,1H3,(H,29,30)(H,34,35)(H,31,32,33). The molecule has 3 heterocycles. The number of aliphatic carboxylic acids is 1. The number of hydrogen-bond acceptors (Lipinski definition) is 5. The molecule has 8 heteroatoms. The minimum atomic E-state index is -0.747. The summed E-state index contributed by atoms with van der Waals surface area (Å²) < 4.78 is 14.4. The number of benzene rings is 1. The first-order valence-corrected chi connectivity index (χ1v) is 12.1. The van der Waals surface area contributed by atoms with Gasteiger partial charge in [0, 0.05) is 34.8 Å². The fourth-order valence-corrected chi connectivity index (χ4v) is 5.99. The van der Waals surface area contributed by atoms with Crippen LogP contribution in [0.2, 0.25) is 0 Å². The fourth-order valence-electron chi connectivity index (χ4n) is 5.99. The zero-order chi connectivity index (χ0) is 24.1. The van der Waals surface area contributed by atoms with Crippen LogP contribution in [0.1, 0.15) is 31.2 Å². The second-order valence-electron chi connectivity index (χ2n) is 9.69. The lowest BCUT2D eigenvalue weighted by molar-refractivity contribution is -0.148. The topological polar surface area (TPSA) is 104 Å². The molecule has 35 heavy (non-hydrogen) atoms. The van der Waals surface area contributed by atoms with E-state index in [1.165, 1.54) is 6.20 Å². The Kier molecular flexibility index (Phi) is 5.24. The number of aromatic amines is 1. The molecule has 0 radical (unpaired) electrons. The van der Waals surface area contributed by atoms with Gasteiger partial charge in [0.1, 0.15) is 17.3 Å². The third-order valence-corrected chi connectivity index (χ3v) is 7.76. The minimum Gasteiger partial charge on any atom is -0.481 e. The average molecular weight is 472 g/mol. The van der Waals surface area contributed by atoms with Gasteiger partial charge in [-0.25, -0.2) is 19.3 Å². The number of carboxylic acid groups (broad SMARTS) is 1. The summed E-state index contributed by atoms with van der Waals surface area (Å²) in [5.74, 6) is -0.0718. The molecule has 3 N–H and O–H groups in total. The van der Waals surface area contributed by atoms with Gasteiger partial charge < -0.3 is 15.4 Å². The number of H-pyrrole nitrogens is 1. The Balaban J connectivity index is 1.48. The molecule has 2 unspecified atom stereocenters. The van der Waals surface area contributed by atoms with Crippen LogP contribution in [0.5, 0.6) is 0 Å². The van der Waals surface area contributed by atoms with Crippen molar-refractivity contribution >= 4 is 22.8 Å². The van der Waals surface area contributed by atoms with Crippen LogP contribution in [0, 0.1) is 30.5 Å². The Morgan fingerprint density at radius 1 is 1.11 bits per heavy atom. The molecule has 0 spiro atoms. The molecule has 2 bridgehead atoms. The van der Waals surface area contributed by atoms with Gasteiger partial charge in [0.2, 0.25) is 0 Å². The van der Waals surface area contributed by atoms with E-state index in [1.807, 2.05) is 36.4 Å². The monoisotopic (exact) mass is 471 g/mol. The van der Waals surface area contributed by atoms with Gasteiger partial charge in [0.15, 0.2) is 5.82 Å². The van der Waals surface area contributed by atoms with Gasteiger partial charge in [-0.3, -0.25) is 4.79 Å². The minimum absolute atomic E-state index is 0.185. The van der Waals surface area contributed by atoms with E-state index in [0.717, 1.165) is 31.2 Å². The Morgan fingerprint density at radius 3 is 2.60 bits per heavy atom. The van der Waals surface area contributed by atoms with Gasteiger partial charge in [0.25, 0.3) is 0 Å². The predicted molar refractivity (Wildman–Crippen MR) is 131 cm³/mol. The SMILES string of the molecule is Cc1c(F)cnc2[nH]cc(-c3nc(NC4C5CCC(CC5)C4C(=O)O)cc(-c4ccccc4)n3)c12. The summed E-state index contributed by atoms with van der Waals surface area (Å²) in [6, 6.07) is 11.5. The van der Waals surface area contributed by atoms with Crippen molar-refractivity contribution in [3.05, 3.63) is 60.2 Å². The highest BCUT2D eigenvalue weighted by Crippen LogP contribution is 2.46. The van der Waals surface area contributed by atoms with E-state index in [4.69, 9.17) is 9.97 Å². The molecule has 178 valence electrons. The first kappa shape index (κ1) is 21.7. The third kappa shape index (κ3) is 3.73. The molecule has 3 aliphatic carbocycles. The van der Waals surface area contributed by atoms with Crippen LogP contribution in [0.25, 0.3) is 33.7 Å². The van der Waals surface area contributed by atoms with E-state index in [1.54, 1.807) is 13.1 Å². The van der Waals surface area contributed by atoms with Gasteiger partial charge in [-0.15, -0.1) is 0 Å². The van der Waals surface area contributed by atoms with Gasteiger partial charge in [-0.05, 0) is 50.0 Å². The lowest BCUT2D eigenvalue weighted by Crippen LogP contribution is -2.51. The summed E-state index contributed by atoms with van der Waals surface area (Å²) in [4.78, 5) is 29.1. The molecule has 3 fully saturated rings. The van der Waals surface area contributed by atoms with Crippen molar-refractivity contribution in [1.29, 1.82) is 0 Å².